The molecule has 0 radical (unpaired) electrons. The van der Waals surface area contributed by atoms with Gasteiger partial charge in [-0.25, -0.2) is 0 Å². The van der Waals surface area contributed by atoms with E-state index in [1.165, 1.54) is 19.3 Å². The maximum absolute atomic E-state index is 12.0. The minimum atomic E-state index is -0.392. The van der Waals surface area contributed by atoms with Crippen LogP contribution in [0.1, 0.15) is 58.8 Å². The van der Waals surface area contributed by atoms with E-state index in [0.29, 0.717) is 12.0 Å². The summed E-state index contributed by atoms with van der Waals surface area (Å²) in [6.45, 7) is 4.51. The fourth-order valence-corrected chi connectivity index (χ4v) is 4.23. The Morgan fingerprint density at radius 3 is 2.79 bits per heavy atom. The largest absolute Gasteiger partial charge is 0.368 e. The Bertz CT molecular complexity index is 319. The molecule has 4 heteroatoms. The van der Waals surface area contributed by atoms with E-state index in [1.807, 2.05) is 11.8 Å². The highest BCUT2D eigenvalue weighted by Gasteiger charge is 2.49. The monoisotopic (exact) mass is 284 g/mol. The first-order valence-corrected chi connectivity index (χ1v) is 8.82. The van der Waals surface area contributed by atoms with Crippen molar-refractivity contribution in [2.45, 2.75) is 75.6 Å². The average Bonchev–Trinajstić information content (AvgIpc) is 3.09. The van der Waals surface area contributed by atoms with Gasteiger partial charge in [0, 0.05) is 11.3 Å². The van der Waals surface area contributed by atoms with E-state index >= 15 is 0 Å². The molecule has 0 aromatic carbocycles. The Hall–Kier alpha value is -0.220. The molecular formula is C15H28N2OS. The van der Waals surface area contributed by atoms with Gasteiger partial charge in [-0.05, 0) is 50.2 Å². The lowest BCUT2D eigenvalue weighted by Gasteiger charge is -2.34. The van der Waals surface area contributed by atoms with E-state index < -0.39 is 5.54 Å². The number of rotatable bonds is 8. The van der Waals surface area contributed by atoms with Gasteiger partial charge in [0.1, 0.15) is 5.54 Å². The molecule has 0 aliphatic heterocycles. The van der Waals surface area contributed by atoms with Crippen LogP contribution in [0.3, 0.4) is 0 Å². The Kier molecular flexibility index (Phi) is 5.18. The van der Waals surface area contributed by atoms with Gasteiger partial charge in [-0.3, -0.25) is 4.79 Å². The third-order valence-electron chi connectivity index (χ3n) is 4.74. The molecule has 3 atom stereocenters. The van der Waals surface area contributed by atoms with Gasteiger partial charge in [0.05, 0.1) is 0 Å². The number of primary amides is 1. The molecule has 2 saturated carbocycles. The van der Waals surface area contributed by atoms with Gasteiger partial charge < -0.3 is 11.1 Å². The van der Waals surface area contributed by atoms with Crippen LogP contribution in [0.15, 0.2) is 0 Å². The van der Waals surface area contributed by atoms with Gasteiger partial charge in [0.2, 0.25) is 5.91 Å². The zero-order valence-corrected chi connectivity index (χ0v) is 13.1. The van der Waals surface area contributed by atoms with Crippen LogP contribution in [0.25, 0.3) is 0 Å². The van der Waals surface area contributed by atoms with Gasteiger partial charge in [-0.15, -0.1) is 0 Å². The van der Waals surface area contributed by atoms with Crippen molar-refractivity contribution in [3.05, 3.63) is 0 Å². The predicted octanol–water partition coefficient (Wildman–Crippen LogP) is 2.68. The van der Waals surface area contributed by atoms with Crippen LogP contribution in [-0.4, -0.2) is 28.5 Å². The van der Waals surface area contributed by atoms with Crippen molar-refractivity contribution in [2.24, 2.45) is 11.7 Å². The minimum Gasteiger partial charge on any atom is -0.368 e. The third kappa shape index (κ3) is 3.66. The molecule has 0 spiro atoms. The summed E-state index contributed by atoms with van der Waals surface area (Å²) in [7, 11) is 0. The van der Waals surface area contributed by atoms with Crippen LogP contribution in [0, 0.1) is 5.92 Å². The molecule has 2 rings (SSSR count). The maximum Gasteiger partial charge on any atom is 0.238 e. The second kappa shape index (κ2) is 6.49. The molecule has 2 aliphatic rings. The van der Waals surface area contributed by atoms with Crippen molar-refractivity contribution in [1.29, 1.82) is 0 Å². The lowest BCUT2D eigenvalue weighted by molar-refractivity contribution is -0.126. The molecule has 0 bridgehead atoms. The van der Waals surface area contributed by atoms with E-state index in [9.17, 15) is 4.79 Å². The summed E-state index contributed by atoms with van der Waals surface area (Å²) in [5.74, 6) is 1.48. The van der Waals surface area contributed by atoms with Crippen molar-refractivity contribution in [3.8, 4) is 0 Å². The van der Waals surface area contributed by atoms with Crippen LogP contribution in [-0.2, 0) is 4.79 Å². The number of thioether (sulfide) groups is 1. The molecule has 110 valence electrons. The number of amides is 1. The summed E-state index contributed by atoms with van der Waals surface area (Å²) in [5.41, 5.74) is 5.36. The highest BCUT2D eigenvalue weighted by atomic mass is 32.2. The van der Waals surface area contributed by atoms with Crippen LogP contribution < -0.4 is 11.1 Å². The number of nitrogens with two attached hydrogens (primary N) is 1. The zero-order chi connectivity index (χ0) is 13.9. The molecule has 0 aromatic rings. The fourth-order valence-electron chi connectivity index (χ4n) is 3.18. The Balaban J connectivity index is 1.90. The van der Waals surface area contributed by atoms with E-state index in [1.54, 1.807) is 0 Å². The van der Waals surface area contributed by atoms with Crippen molar-refractivity contribution in [2.75, 3.05) is 5.75 Å². The number of hydrogen-bond donors (Lipinski definition) is 2. The minimum absolute atomic E-state index is 0.115. The molecule has 1 amide bonds. The van der Waals surface area contributed by atoms with Crippen molar-refractivity contribution in [3.63, 3.8) is 0 Å². The maximum atomic E-state index is 12.0. The van der Waals surface area contributed by atoms with Gasteiger partial charge in [0.15, 0.2) is 0 Å². The van der Waals surface area contributed by atoms with Gasteiger partial charge in [0.25, 0.3) is 0 Å². The van der Waals surface area contributed by atoms with Crippen molar-refractivity contribution < 1.29 is 4.79 Å². The van der Waals surface area contributed by atoms with Crippen molar-refractivity contribution in [1.82, 2.24) is 5.32 Å². The SMILES string of the molecule is CCC(C)SCCC1CCCC1(NC1CC1)C(N)=O. The molecule has 19 heavy (non-hydrogen) atoms. The van der Waals surface area contributed by atoms with Gasteiger partial charge in [-0.2, -0.15) is 11.8 Å². The Morgan fingerprint density at radius 1 is 1.47 bits per heavy atom. The second-order valence-electron chi connectivity index (χ2n) is 6.22. The lowest BCUT2D eigenvalue weighted by Crippen LogP contribution is -2.58. The molecule has 3 nitrogen and oxygen atoms in total. The number of hydrogen-bond acceptors (Lipinski definition) is 3. The molecule has 3 unspecified atom stereocenters. The first-order chi connectivity index (χ1) is 9.08. The fraction of sp³-hybridized carbons (Fsp3) is 0.933. The summed E-state index contributed by atoms with van der Waals surface area (Å²) in [6, 6.07) is 0.551. The predicted molar refractivity (Wildman–Crippen MR) is 82.3 cm³/mol. The third-order valence-corrected chi connectivity index (χ3v) is 6.12. The van der Waals surface area contributed by atoms with Crippen LogP contribution in [0.5, 0.6) is 0 Å². The first-order valence-electron chi connectivity index (χ1n) is 7.77. The quantitative estimate of drug-likeness (QED) is 0.720. The Labute approximate surface area is 121 Å². The van der Waals surface area contributed by atoms with Gasteiger partial charge in [-0.1, -0.05) is 20.3 Å². The molecule has 2 fully saturated rings. The summed E-state index contributed by atoms with van der Waals surface area (Å²) in [5, 5.41) is 4.31. The molecule has 0 heterocycles. The highest BCUT2D eigenvalue weighted by molar-refractivity contribution is 7.99. The summed E-state index contributed by atoms with van der Waals surface area (Å²) >= 11 is 2.03. The summed E-state index contributed by atoms with van der Waals surface area (Å²) in [6.07, 6.45) is 8.00. The topological polar surface area (TPSA) is 55.1 Å². The van der Waals surface area contributed by atoms with Gasteiger partial charge >= 0.3 is 0 Å². The van der Waals surface area contributed by atoms with E-state index in [-0.39, 0.29) is 5.91 Å². The highest BCUT2D eigenvalue weighted by Crippen LogP contribution is 2.41. The van der Waals surface area contributed by atoms with Crippen LogP contribution in [0.2, 0.25) is 0 Å². The molecular weight excluding hydrogens is 256 g/mol. The number of carbonyl (C=O) groups is 1. The summed E-state index contributed by atoms with van der Waals surface area (Å²) < 4.78 is 0. The van der Waals surface area contributed by atoms with Crippen LogP contribution >= 0.6 is 11.8 Å². The van der Waals surface area contributed by atoms with Crippen molar-refractivity contribution >= 4 is 17.7 Å². The Morgan fingerprint density at radius 2 is 2.21 bits per heavy atom. The van der Waals surface area contributed by atoms with E-state index in [2.05, 4.69) is 19.2 Å². The second-order valence-corrected chi connectivity index (χ2v) is 7.77. The zero-order valence-electron chi connectivity index (χ0n) is 12.3. The number of nitrogens with one attached hydrogen (secondary N) is 1. The van der Waals surface area contributed by atoms with Crippen LogP contribution in [0.4, 0.5) is 0 Å². The summed E-state index contributed by atoms with van der Waals surface area (Å²) in [4.78, 5) is 12.0. The molecule has 0 aromatic heterocycles. The normalized spacial score (nSPS) is 32.4. The molecule has 3 N–H and O–H groups in total. The van der Waals surface area contributed by atoms with E-state index in [0.717, 1.165) is 36.7 Å². The molecule has 2 aliphatic carbocycles. The lowest BCUT2D eigenvalue weighted by atomic mass is 9.84. The smallest absolute Gasteiger partial charge is 0.238 e. The van der Waals surface area contributed by atoms with E-state index in [4.69, 9.17) is 5.73 Å². The number of carbonyl (C=O) groups excluding carboxylic acids is 1. The first kappa shape index (κ1) is 15.2. The average molecular weight is 284 g/mol. The molecule has 0 saturated heterocycles. The standard InChI is InChI=1S/C15H28N2OS/c1-3-11(2)19-10-8-12-5-4-9-15(12,14(16)18)17-13-6-7-13/h11-13,17H,3-10H2,1-2H3,(H2,16,18).